The van der Waals surface area contributed by atoms with Crippen LogP contribution in [0, 0.1) is 11.6 Å². The predicted molar refractivity (Wildman–Crippen MR) is 337 cm³/mol. The van der Waals surface area contributed by atoms with E-state index in [1.54, 1.807) is 78.4 Å². The van der Waals surface area contributed by atoms with E-state index in [2.05, 4.69) is 52.8 Å². The zero-order valence-corrected chi connectivity index (χ0v) is 55.7. The standard InChI is InChI=1S/C65H98F2N10O21/c1-31-21-61(83,27-73-24-35-14-8-9-17-38(35)67)63(85)57(90-31)93-54-48(81)39(68-4)45(78)43(52(54)97-63)76-29-89-50-41(70-6)47(80)44(53-56(50)95-59-65(87,98-53)60(82,20-32(2)92-59)26-72-23-34-13-12-15-36(66)19-34)77-30-88-49-40(69-5)46(79)42(71-7)51-55(49)94-58-64(86,96-51)62(84,22-33(3)91-58)28-74-25-37-16-10-11-18-75-37/h8-19,31-33,39-59,68-74,76-87H,20-30H2,1-7H3/t31-,32-,33-,39-,40-,41-,42+,43+,44+,45+,46+,47+,48+,49+,50+,51-,52-,53-,54-,55-,56-,57+,58+,59+,60-,61-,62-,63-,64-,65-/m1/s1. The van der Waals surface area contributed by atoms with Crippen molar-refractivity contribution in [3.05, 3.63) is 101 Å². The summed E-state index contributed by atoms with van der Waals surface area (Å²) < 4.78 is 101. The van der Waals surface area contributed by atoms with Crippen LogP contribution < -0.4 is 47.9 Å². The van der Waals surface area contributed by atoms with Gasteiger partial charge < -0.3 is 140 Å². The van der Waals surface area contributed by atoms with E-state index in [-0.39, 0.29) is 58.5 Å². The molecule has 9 aliphatic rings. The van der Waals surface area contributed by atoms with E-state index >= 15 is 0 Å². The number of likely N-dealkylation sites (N-methyl/N-ethyl adjacent to an activating group) is 4. The quantitative estimate of drug-likeness (QED) is 0.0372. The number of hydrogen-bond acceptors (Lipinski definition) is 31. The molecule has 3 aromatic rings. The molecule has 3 saturated carbocycles. The minimum absolute atomic E-state index is 0.0388. The van der Waals surface area contributed by atoms with Crippen LogP contribution >= 0.6 is 0 Å². The number of benzene rings is 2. The van der Waals surface area contributed by atoms with Crippen LogP contribution in [-0.4, -0.2) is 298 Å². The molecule has 6 saturated heterocycles. The molecular weight excluding hydrogens is 1290 g/mol. The SMILES string of the molecule is CN[C@@H]1[C@H](O)[C@H](NCO[C@H]2[C@H](NC)[C@H](O)[C@H](NCO[C@H]3[C@H](NC)[C@H](O)[C@H](NC)[C@H]4O[C@]5(O)[C@H](O[C@@H]43)O[C@H](C)C[C@@]5(O)CNCc3ccccn3)[C@H]3O[C@]4(O)[C@H](O[C@@H]32)O[C@H](C)C[C@@]4(O)CNCc2cccc(F)c2)[C@H]2O[C@]3(O)[C@H](O[C@@H]2[C@H]1O)O[C@H](C)C[C@@]3(O)CNCc1ccccc1F. The number of pyridine rings is 1. The molecule has 33 heteroatoms. The van der Waals surface area contributed by atoms with Gasteiger partial charge in [0.1, 0.15) is 83.4 Å². The van der Waals surface area contributed by atoms with Gasteiger partial charge in [0.05, 0.1) is 92.0 Å². The highest BCUT2D eigenvalue weighted by Crippen LogP contribution is 2.51. The van der Waals surface area contributed by atoms with Crippen LogP contribution in [0.4, 0.5) is 8.78 Å². The van der Waals surface area contributed by atoms with Crippen molar-refractivity contribution >= 4 is 0 Å². The fourth-order valence-corrected chi connectivity index (χ4v) is 16.3. The minimum Gasteiger partial charge on any atom is -0.390 e. The first-order chi connectivity index (χ1) is 46.8. The van der Waals surface area contributed by atoms with Gasteiger partial charge in [-0.2, -0.15) is 0 Å². The van der Waals surface area contributed by atoms with Crippen LogP contribution in [-0.2, 0) is 71.7 Å². The second kappa shape index (κ2) is 29.8. The van der Waals surface area contributed by atoms with Crippen LogP contribution in [0.25, 0.3) is 0 Å². The number of aromatic nitrogens is 1. The number of rotatable bonds is 24. The first kappa shape index (κ1) is 74.0. The molecule has 6 aliphatic heterocycles. The molecule has 7 heterocycles. The summed E-state index contributed by atoms with van der Waals surface area (Å²) in [5.41, 5.74) is -4.85. The first-order valence-corrected chi connectivity index (χ1v) is 33.7. The van der Waals surface area contributed by atoms with Crippen LogP contribution in [0.2, 0.25) is 0 Å². The number of aliphatic hydroxyl groups is 10. The Morgan fingerprint density at radius 1 is 0.469 bits per heavy atom. The normalized spacial score (nSPS) is 46.0. The molecule has 548 valence electrons. The van der Waals surface area contributed by atoms with E-state index in [1.165, 1.54) is 31.3 Å². The smallest absolute Gasteiger partial charge is 0.249 e. The molecule has 0 unspecified atom stereocenters. The summed E-state index contributed by atoms with van der Waals surface area (Å²) in [6, 6.07) is 10.7. The molecule has 19 N–H and O–H groups in total. The molecule has 31 nitrogen and oxygen atoms in total. The Hall–Kier alpha value is -3.75. The summed E-state index contributed by atoms with van der Waals surface area (Å²) in [5.74, 6) is -8.82. The molecule has 98 heavy (non-hydrogen) atoms. The largest absolute Gasteiger partial charge is 0.390 e. The van der Waals surface area contributed by atoms with Crippen molar-refractivity contribution in [3.63, 3.8) is 0 Å². The lowest BCUT2D eigenvalue weighted by molar-refractivity contribution is -0.484. The van der Waals surface area contributed by atoms with Crippen molar-refractivity contribution in [1.29, 1.82) is 0 Å². The summed E-state index contributed by atoms with van der Waals surface area (Å²) in [5, 5.41) is 153. The van der Waals surface area contributed by atoms with E-state index in [4.69, 9.17) is 52.1 Å². The number of fused-ring (bicyclic) bond motifs is 6. The Morgan fingerprint density at radius 2 is 0.908 bits per heavy atom. The number of nitrogens with zero attached hydrogens (tertiary/aromatic N) is 1. The lowest BCUT2D eigenvalue weighted by Crippen LogP contribution is -2.82. The zero-order valence-electron chi connectivity index (χ0n) is 55.7. The van der Waals surface area contributed by atoms with Crippen molar-refractivity contribution in [2.45, 2.75) is 241 Å². The van der Waals surface area contributed by atoms with E-state index in [1.807, 2.05) is 12.1 Å². The zero-order chi connectivity index (χ0) is 69.9. The molecule has 0 spiro atoms. The van der Waals surface area contributed by atoms with Crippen LogP contribution in [0.3, 0.4) is 0 Å². The molecule has 12 rings (SSSR count). The van der Waals surface area contributed by atoms with E-state index in [0.717, 1.165) is 0 Å². The van der Waals surface area contributed by atoms with Crippen molar-refractivity contribution < 1.29 is 112 Å². The van der Waals surface area contributed by atoms with Crippen LogP contribution in [0.1, 0.15) is 56.9 Å². The van der Waals surface area contributed by atoms with Crippen molar-refractivity contribution in [1.82, 2.24) is 52.8 Å². The first-order valence-electron chi connectivity index (χ1n) is 33.7. The molecular formula is C65H98F2N10O21. The maximum Gasteiger partial charge on any atom is 0.249 e. The lowest BCUT2D eigenvalue weighted by Gasteiger charge is -2.61. The third-order valence-corrected chi connectivity index (χ3v) is 21.3. The van der Waals surface area contributed by atoms with Gasteiger partial charge in [-0.3, -0.25) is 15.6 Å². The Bertz CT molecular complexity index is 3150. The highest BCUT2D eigenvalue weighted by Gasteiger charge is 2.72. The Labute approximate surface area is 566 Å². The molecule has 0 amide bonds. The van der Waals surface area contributed by atoms with Crippen molar-refractivity contribution in [2.24, 2.45) is 0 Å². The third-order valence-electron chi connectivity index (χ3n) is 21.3. The summed E-state index contributed by atoms with van der Waals surface area (Å²) in [7, 11) is 6.28. The highest BCUT2D eigenvalue weighted by molar-refractivity contribution is 5.21. The van der Waals surface area contributed by atoms with Gasteiger partial charge >= 0.3 is 0 Å². The Balaban J connectivity index is 0.808. The second-order valence-corrected chi connectivity index (χ2v) is 27.8. The molecule has 2 aromatic carbocycles. The van der Waals surface area contributed by atoms with Crippen LogP contribution in [0.15, 0.2) is 72.9 Å². The van der Waals surface area contributed by atoms with Crippen molar-refractivity contribution in [2.75, 3.05) is 61.3 Å². The van der Waals surface area contributed by atoms with Crippen molar-refractivity contribution in [3.8, 4) is 0 Å². The van der Waals surface area contributed by atoms with E-state index in [9.17, 15) is 59.8 Å². The van der Waals surface area contributed by atoms with Gasteiger partial charge in [-0.1, -0.05) is 36.4 Å². The monoisotopic (exact) mass is 1390 g/mol. The minimum atomic E-state index is -2.71. The summed E-state index contributed by atoms with van der Waals surface area (Å²) in [6.45, 7) is 3.46. The molecule has 30 atom stereocenters. The summed E-state index contributed by atoms with van der Waals surface area (Å²) in [4.78, 5) is 4.35. The Morgan fingerprint density at radius 3 is 1.39 bits per heavy atom. The molecule has 0 radical (unpaired) electrons. The third kappa shape index (κ3) is 13.6. The molecule has 0 bridgehead atoms. The lowest BCUT2D eigenvalue weighted by atomic mass is 9.77. The van der Waals surface area contributed by atoms with Crippen LogP contribution in [0.5, 0.6) is 0 Å². The van der Waals surface area contributed by atoms with Gasteiger partial charge in [-0.15, -0.1) is 0 Å². The topological polar surface area (TPSA) is 425 Å². The average molecular weight is 1390 g/mol. The average Bonchev–Trinajstić information content (AvgIpc) is 0.725. The Kier molecular flexibility index (Phi) is 22.5. The van der Waals surface area contributed by atoms with Gasteiger partial charge in [0.15, 0.2) is 0 Å². The molecule has 9 fully saturated rings. The predicted octanol–water partition coefficient (Wildman–Crippen LogP) is -5.52. The van der Waals surface area contributed by atoms with E-state index < -0.39 is 206 Å². The van der Waals surface area contributed by atoms with E-state index in [0.29, 0.717) is 16.8 Å². The number of ether oxygens (including phenoxy) is 11. The van der Waals surface area contributed by atoms with Gasteiger partial charge in [-0.25, -0.2) is 8.78 Å². The van der Waals surface area contributed by atoms with Gasteiger partial charge in [0, 0.05) is 70.3 Å². The number of hydrogen-bond donors (Lipinski definition) is 19. The highest BCUT2D eigenvalue weighted by atomic mass is 19.1. The number of halogens is 2. The molecule has 3 aliphatic carbocycles. The fourth-order valence-electron chi connectivity index (χ4n) is 16.3. The summed E-state index contributed by atoms with van der Waals surface area (Å²) >= 11 is 0. The summed E-state index contributed by atoms with van der Waals surface area (Å²) in [6.07, 6.45) is -22.2. The maximum absolute atomic E-state index is 14.7. The van der Waals surface area contributed by atoms with Gasteiger partial charge in [0.2, 0.25) is 36.2 Å². The second-order valence-electron chi connectivity index (χ2n) is 27.8. The fraction of sp³-hybridized carbons (Fsp3) is 0.738. The number of aliphatic hydroxyl groups excluding tert-OH is 4. The van der Waals surface area contributed by atoms with Gasteiger partial charge in [0.25, 0.3) is 0 Å². The molecule has 1 aromatic heterocycles. The van der Waals surface area contributed by atoms with Gasteiger partial charge in [-0.05, 0) is 84.9 Å². The number of nitrogens with one attached hydrogen (secondary N) is 9. The maximum atomic E-state index is 14.7.